The highest BCUT2D eigenvalue weighted by atomic mass is 35.5. The van der Waals surface area contributed by atoms with E-state index in [1.165, 1.54) is 11.0 Å². The predicted octanol–water partition coefficient (Wildman–Crippen LogP) is 2.07. The van der Waals surface area contributed by atoms with Gasteiger partial charge in [0.15, 0.2) is 6.61 Å². The monoisotopic (exact) mass is 347 g/mol. The molecule has 1 aliphatic heterocycles. The smallest absolute Gasteiger partial charge is 0.305 e. The van der Waals surface area contributed by atoms with E-state index < -0.39 is 12.0 Å². The summed E-state index contributed by atoms with van der Waals surface area (Å²) in [7, 11) is 0. The van der Waals surface area contributed by atoms with E-state index in [0.717, 1.165) is 0 Å². The zero-order valence-electron chi connectivity index (χ0n) is 11.6. The van der Waals surface area contributed by atoms with Crippen LogP contribution in [0.15, 0.2) is 18.2 Å². The first-order valence-corrected chi connectivity index (χ1v) is 7.40. The fourth-order valence-corrected chi connectivity index (χ4v) is 2.63. The van der Waals surface area contributed by atoms with Gasteiger partial charge in [0.2, 0.25) is 0 Å². The minimum atomic E-state index is -0.977. The highest BCUT2D eigenvalue weighted by molar-refractivity contribution is 6.35. The Bertz CT molecular complexity index is 566. The van der Waals surface area contributed by atoms with Crippen LogP contribution in [-0.4, -0.2) is 54.3 Å². The van der Waals surface area contributed by atoms with E-state index in [4.69, 9.17) is 37.8 Å². The van der Waals surface area contributed by atoms with Crippen LogP contribution in [0.25, 0.3) is 0 Å². The van der Waals surface area contributed by atoms with Gasteiger partial charge in [-0.15, -0.1) is 0 Å². The van der Waals surface area contributed by atoms with E-state index >= 15 is 0 Å². The lowest BCUT2D eigenvalue weighted by Gasteiger charge is -2.34. The van der Waals surface area contributed by atoms with Crippen LogP contribution in [0.2, 0.25) is 10.0 Å². The molecular weight excluding hydrogens is 333 g/mol. The summed E-state index contributed by atoms with van der Waals surface area (Å²) in [5.41, 5.74) is 0. The minimum absolute atomic E-state index is 0.159. The summed E-state index contributed by atoms with van der Waals surface area (Å²) >= 11 is 11.7. The fourth-order valence-electron chi connectivity index (χ4n) is 2.17. The van der Waals surface area contributed by atoms with Crippen LogP contribution >= 0.6 is 23.2 Å². The number of amides is 1. The molecule has 120 valence electrons. The molecule has 1 aromatic rings. The average Bonchev–Trinajstić information content (AvgIpc) is 2.46. The van der Waals surface area contributed by atoms with Crippen molar-refractivity contribution in [1.82, 2.24) is 4.90 Å². The molecule has 1 amide bonds. The Labute approximate surface area is 137 Å². The number of aliphatic carboxylic acids is 1. The number of morpholine rings is 1. The van der Waals surface area contributed by atoms with Crippen molar-refractivity contribution in [2.75, 3.05) is 26.4 Å². The second-order valence-corrected chi connectivity index (χ2v) is 5.62. The molecule has 0 bridgehead atoms. The minimum Gasteiger partial charge on any atom is -0.482 e. The molecule has 1 N–H and O–H groups in total. The molecule has 8 heteroatoms. The first-order valence-electron chi connectivity index (χ1n) is 6.64. The molecule has 0 spiro atoms. The molecule has 0 saturated carbocycles. The highest BCUT2D eigenvalue weighted by Crippen LogP contribution is 2.27. The maximum absolute atomic E-state index is 12.2. The van der Waals surface area contributed by atoms with Crippen molar-refractivity contribution in [2.24, 2.45) is 0 Å². The number of hydrogen-bond acceptors (Lipinski definition) is 4. The van der Waals surface area contributed by atoms with Gasteiger partial charge in [-0.25, -0.2) is 0 Å². The van der Waals surface area contributed by atoms with Gasteiger partial charge in [-0.05, 0) is 18.2 Å². The Morgan fingerprint density at radius 1 is 1.41 bits per heavy atom. The lowest BCUT2D eigenvalue weighted by Crippen LogP contribution is -2.51. The first kappa shape index (κ1) is 16.9. The molecule has 1 atom stereocenters. The van der Waals surface area contributed by atoms with Gasteiger partial charge < -0.3 is 19.5 Å². The summed E-state index contributed by atoms with van der Waals surface area (Å²) in [5.74, 6) is -0.932. The van der Waals surface area contributed by atoms with Gasteiger partial charge in [-0.3, -0.25) is 9.59 Å². The van der Waals surface area contributed by atoms with Gasteiger partial charge in [0.25, 0.3) is 5.91 Å². The van der Waals surface area contributed by atoms with Crippen LogP contribution in [0, 0.1) is 0 Å². The fraction of sp³-hybridized carbons (Fsp3) is 0.429. The normalized spacial score (nSPS) is 18.1. The molecule has 2 rings (SSSR count). The number of carboxylic acid groups (broad SMARTS) is 1. The molecule has 1 aliphatic rings. The summed E-state index contributed by atoms with van der Waals surface area (Å²) < 4.78 is 10.6. The standard InChI is InChI=1S/C14H15Cl2NO5/c15-9-1-2-12(11(16)5-9)22-8-13(18)17-3-4-21-7-10(17)6-14(19)20/h1-2,5,10H,3-4,6-8H2,(H,19,20). The third-order valence-electron chi connectivity index (χ3n) is 3.20. The van der Waals surface area contributed by atoms with Gasteiger partial charge in [0, 0.05) is 11.6 Å². The number of carbonyl (C=O) groups excluding carboxylic acids is 1. The van der Waals surface area contributed by atoms with E-state index in [1.54, 1.807) is 12.1 Å². The van der Waals surface area contributed by atoms with Crippen LogP contribution < -0.4 is 4.74 Å². The topological polar surface area (TPSA) is 76.1 Å². The molecule has 1 fully saturated rings. The Balaban J connectivity index is 1.96. The summed E-state index contributed by atoms with van der Waals surface area (Å²) in [6, 6.07) is 4.22. The number of nitrogens with zero attached hydrogens (tertiary/aromatic N) is 1. The van der Waals surface area contributed by atoms with Gasteiger partial charge in [-0.1, -0.05) is 23.2 Å². The van der Waals surface area contributed by atoms with E-state index in [2.05, 4.69) is 0 Å². The van der Waals surface area contributed by atoms with Crippen LogP contribution in [-0.2, 0) is 14.3 Å². The SMILES string of the molecule is O=C(O)CC1COCCN1C(=O)COc1ccc(Cl)cc1Cl. The van der Waals surface area contributed by atoms with Gasteiger partial charge in [-0.2, -0.15) is 0 Å². The molecule has 0 radical (unpaired) electrons. The summed E-state index contributed by atoms with van der Waals surface area (Å²) in [6.07, 6.45) is -0.159. The summed E-state index contributed by atoms with van der Waals surface area (Å²) in [5, 5.41) is 9.66. The second kappa shape index (κ2) is 7.67. The lowest BCUT2D eigenvalue weighted by atomic mass is 10.1. The van der Waals surface area contributed by atoms with E-state index in [1.807, 2.05) is 0 Å². The van der Waals surface area contributed by atoms with Crippen molar-refractivity contribution in [2.45, 2.75) is 12.5 Å². The maximum Gasteiger partial charge on any atom is 0.305 e. The molecular formula is C14H15Cl2NO5. The molecule has 1 heterocycles. The number of benzene rings is 1. The van der Waals surface area contributed by atoms with Crippen LogP contribution in [0.3, 0.4) is 0 Å². The van der Waals surface area contributed by atoms with Crippen molar-refractivity contribution < 1.29 is 24.2 Å². The molecule has 0 aromatic heterocycles. The van der Waals surface area contributed by atoms with E-state index in [0.29, 0.717) is 28.9 Å². The third kappa shape index (κ3) is 4.50. The molecule has 0 aliphatic carbocycles. The summed E-state index contributed by atoms with van der Waals surface area (Å²) in [4.78, 5) is 24.5. The number of ether oxygens (including phenoxy) is 2. The largest absolute Gasteiger partial charge is 0.482 e. The quantitative estimate of drug-likeness (QED) is 0.882. The Morgan fingerprint density at radius 2 is 2.18 bits per heavy atom. The third-order valence-corrected chi connectivity index (χ3v) is 3.73. The number of carbonyl (C=O) groups is 2. The van der Waals surface area contributed by atoms with Crippen LogP contribution in [0.5, 0.6) is 5.75 Å². The zero-order valence-corrected chi connectivity index (χ0v) is 13.1. The van der Waals surface area contributed by atoms with Gasteiger partial charge in [0.1, 0.15) is 5.75 Å². The Morgan fingerprint density at radius 3 is 2.86 bits per heavy atom. The maximum atomic E-state index is 12.2. The van der Waals surface area contributed by atoms with Gasteiger partial charge >= 0.3 is 5.97 Å². The molecule has 1 saturated heterocycles. The van der Waals surface area contributed by atoms with Crippen molar-refractivity contribution >= 4 is 35.1 Å². The number of hydrogen-bond donors (Lipinski definition) is 1. The average molecular weight is 348 g/mol. The second-order valence-electron chi connectivity index (χ2n) is 4.78. The number of halogens is 2. The van der Waals surface area contributed by atoms with Gasteiger partial charge in [0.05, 0.1) is 30.7 Å². The zero-order chi connectivity index (χ0) is 16.1. The van der Waals surface area contributed by atoms with Crippen LogP contribution in [0.4, 0.5) is 0 Å². The Kier molecular flexibility index (Phi) is 5.88. The van der Waals surface area contributed by atoms with Crippen LogP contribution in [0.1, 0.15) is 6.42 Å². The first-order chi connectivity index (χ1) is 10.5. The molecule has 6 nitrogen and oxygen atoms in total. The number of carboxylic acids is 1. The van der Waals surface area contributed by atoms with E-state index in [-0.39, 0.29) is 25.5 Å². The van der Waals surface area contributed by atoms with Crippen molar-refractivity contribution in [3.63, 3.8) is 0 Å². The highest BCUT2D eigenvalue weighted by Gasteiger charge is 2.29. The lowest BCUT2D eigenvalue weighted by molar-refractivity contribution is -0.147. The van der Waals surface area contributed by atoms with E-state index in [9.17, 15) is 9.59 Å². The predicted molar refractivity (Wildman–Crippen MR) is 80.5 cm³/mol. The van der Waals surface area contributed by atoms with Crippen molar-refractivity contribution in [1.29, 1.82) is 0 Å². The summed E-state index contributed by atoms with van der Waals surface area (Å²) in [6.45, 7) is 0.704. The molecule has 22 heavy (non-hydrogen) atoms. The Hall–Kier alpha value is -1.50. The molecule has 1 unspecified atom stereocenters. The van der Waals surface area contributed by atoms with Crippen molar-refractivity contribution in [3.05, 3.63) is 28.2 Å². The van der Waals surface area contributed by atoms with Crippen molar-refractivity contribution in [3.8, 4) is 5.75 Å². The number of rotatable bonds is 5. The molecule has 1 aromatic carbocycles.